The first kappa shape index (κ1) is 9.99. The van der Waals surface area contributed by atoms with Crippen LogP contribution in [0, 0.1) is 0 Å². The average Bonchev–Trinajstić information content (AvgIpc) is 2.56. The molecule has 3 heteroatoms. The molecular formula is C10H15NO2. The molecule has 0 aromatic carbocycles. The van der Waals surface area contributed by atoms with Crippen LogP contribution in [0.15, 0.2) is 29.4 Å². The molecular weight excluding hydrogens is 166 g/mol. The maximum atomic E-state index is 5.37. The summed E-state index contributed by atoms with van der Waals surface area (Å²) in [5, 5.41) is 3.67. The van der Waals surface area contributed by atoms with Gasteiger partial charge in [-0.1, -0.05) is 25.1 Å². The van der Waals surface area contributed by atoms with E-state index in [1.54, 1.807) is 12.3 Å². The van der Waals surface area contributed by atoms with Gasteiger partial charge in [-0.2, -0.15) is 0 Å². The second-order valence-electron chi connectivity index (χ2n) is 3.56. The van der Waals surface area contributed by atoms with Gasteiger partial charge in [0.25, 0.3) is 0 Å². The Morgan fingerprint density at radius 1 is 1.69 bits per heavy atom. The van der Waals surface area contributed by atoms with Crippen LogP contribution >= 0.6 is 0 Å². The minimum absolute atomic E-state index is 0.125. The summed E-state index contributed by atoms with van der Waals surface area (Å²) in [6, 6.07) is 1.86. The van der Waals surface area contributed by atoms with Crippen LogP contribution in [0.2, 0.25) is 0 Å². The molecule has 1 rings (SSSR count). The van der Waals surface area contributed by atoms with Crippen molar-refractivity contribution >= 4 is 0 Å². The maximum absolute atomic E-state index is 5.37. The highest BCUT2D eigenvalue weighted by atomic mass is 16.5. The van der Waals surface area contributed by atoms with Gasteiger partial charge in [-0.15, -0.1) is 6.58 Å². The Labute approximate surface area is 78.4 Å². The Morgan fingerprint density at radius 2 is 2.46 bits per heavy atom. The molecule has 1 heterocycles. The van der Waals surface area contributed by atoms with Crippen molar-refractivity contribution in [3.8, 4) is 0 Å². The SMILES string of the molecule is C=CCOCC(C)(C)c1ccno1. The molecule has 0 aliphatic heterocycles. The van der Waals surface area contributed by atoms with Gasteiger partial charge in [-0.25, -0.2) is 0 Å². The normalized spacial score (nSPS) is 11.5. The van der Waals surface area contributed by atoms with Crippen LogP contribution in [-0.2, 0) is 10.2 Å². The van der Waals surface area contributed by atoms with Gasteiger partial charge in [0.05, 0.1) is 19.4 Å². The summed E-state index contributed by atoms with van der Waals surface area (Å²) in [6.45, 7) is 8.86. The van der Waals surface area contributed by atoms with Gasteiger partial charge in [0.1, 0.15) is 5.76 Å². The van der Waals surface area contributed by atoms with Crippen LogP contribution in [0.5, 0.6) is 0 Å². The molecule has 0 saturated heterocycles. The van der Waals surface area contributed by atoms with Crippen LogP contribution in [0.3, 0.4) is 0 Å². The number of hydrogen-bond acceptors (Lipinski definition) is 3. The molecule has 1 aromatic heterocycles. The number of nitrogens with zero attached hydrogens (tertiary/aromatic N) is 1. The summed E-state index contributed by atoms with van der Waals surface area (Å²) in [4.78, 5) is 0. The van der Waals surface area contributed by atoms with Crippen LogP contribution in [0.25, 0.3) is 0 Å². The molecule has 0 aliphatic carbocycles. The van der Waals surface area contributed by atoms with Crippen molar-refractivity contribution in [2.45, 2.75) is 19.3 Å². The van der Waals surface area contributed by atoms with E-state index in [1.165, 1.54) is 0 Å². The molecule has 0 radical (unpaired) electrons. The Bertz CT molecular complexity index is 252. The standard InChI is InChI=1S/C10H15NO2/c1-4-7-12-8-10(2,3)9-5-6-11-13-9/h4-6H,1,7-8H2,2-3H3. The highest BCUT2D eigenvalue weighted by Gasteiger charge is 2.24. The first-order chi connectivity index (χ1) is 6.17. The highest BCUT2D eigenvalue weighted by molar-refractivity contribution is 5.08. The van der Waals surface area contributed by atoms with Crippen LogP contribution in [0.4, 0.5) is 0 Å². The van der Waals surface area contributed by atoms with Crippen molar-refractivity contribution in [3.05, 3.63) is 30.7 Å². The molecule has 0 atom stereocenters. The number of ether oxygens (including phenoxy) is 1. The van der Waals surface area contributed by atoms with E-state index >= 15 is 0 Å². The molecule has 0 amide bonds. The second kappa shape index (κ2) is 4.23. The van der Waals surface area contributed by atoms with Crippen molar-refractivity contribution in [1.82, 2.24) is 5.16 Å². The summed E-state index contributed by atoms with van der Waals surface area (Å²) >= 11 is 0. The predicted octanol–water partition coefficient (Wildman–Crippen LogP) is 2.15. The fourth-order valence-corrected chi connectivity index (χ4v) is 1.03. The molecule has 0 unspecified atom stereocenters. The van der Waals surface area contributed by atoms with Gasteiger partial charge in [0, 0.05) is 11.5 Å². The molecule has 1 aromatic rings. The molecule has 72 valence electrons. The molecule has 0 spiro atoms. The number of hydrogen-bond donors (Lipinski definition) is 0. The summed E-state index contributed by atoms with van der Waals surface area (Å²) in [7, 11) is 0. The minimum Gasteiger partial charge on any atom is -0.376 e. The number of aromatic nitrogens is 1. The molecule has 0 aliphatic rings. The minimum atomic E-state index is -0.125. The Morgan fingerprint density at radius 3 is 3.00 bits per heavy atom. The van der Waals surface area contributed by atoms with E-state index in [-0.39, 0.29) is 5.41 Å². The summed E-state index contributed by atoms with van der Waals surface area (Å²) in [5.74, 6) is 0.844. The van der Waals surface area contributed by atoms with Crippen LogP contribution < -0.4 is 0 Å². The van der Waals surface area contributed by atoms with Crippen molar-refractivity contribution in [3.63, 3.8) is 0 Å². The molecule has 0 fully saturated rings. The molecule has 0 N–H and O–H groups in total. The zero-order chi connectivity index (χ0) is 9.73. The largest absolute Gasteiger partial charge is 0.376 e. The zero-order valence-corrected chi connectivity index (χ0v) is 8.12. The lowest BCUT2D eigenvalue weighted by atomic mass is 9.92. The van der Waals surface area contributed by atoms with Gasteiger partial charge >= 0.3 is 0 Å². The van der Waals surface area contributed by atoms with Crippen LogP contribution in [0.1, 0.15) is 19.6 Å². The van der Waals surface area contributed by atoms with E-state index in [0.29, 0.717) is 13.2 Å². The lowest BCUT2D eigenvalue weighted by molar-refractivity contribution is 0.104. The third-order valence-corrected chi connectivity index (χ3v) is 1.80. The van der Waals surface area contributed by atoms with E-state index in [4.69, 9.17) is 9.26 Å². The monoisotopic (exact) mass is 181 g/mol. The van der Waals surface area contributed by atoms with E-state index in [9.17, 15) is 0 Å². The predicted molar refractivity (Wildman–Crippen MR) is 50.5 cm³/mol. The van der Waals surface area contributed by atoms with Crippen molar-refractivity contribution < 1.29 is 9.26 Å². The van der Waals surface area contributed by atoms with E-state index in [2.05, 4.69) is 25.6 Å². The maximum Gasteiger partial charge on any atom is 0.144 e. The molecule has 3 nitrogen and oxygen atoms in total. The van der Waals surface area contributed by atoms with Crippen molar-refractivity contribution in [2.75, 3.05) is 13.2 Å². The first-order valence-electron chi connectivity index (χ1n) is 4.26. The zero-order valence-electron chi connectivity index (χ0n) is 8.12. The Kier molecular flexibility index (Phi) is 3.25. The van der Waals surface area contributed by atoms with Gasteiger partial charge in [0.2, 0.25) is 0 Å². The third kappa shape index (κ3) is 2.70. The van der Waals surface area contributed by atoms with E-state index < -0.39 is 0 Å². The smallest absolute Gasteiger partial charge is 0.144 e. The van der Waals surface area contributed by atoms with E-state index in [0.717, 1.165) is 5.76 Å². The average molecular weight is 181 g/mol. The third-order valence-electron chi connectivity index (χ3n) is 1.80. The van der Waals surface area contributed by atoms with Crippen molar-refractivity contribution in [1.29, 1.82) is 0 Å². The lowest BCUT2D eigenvalue weighted by Gasteiger charge is -2.20. The molecule has 13 heavy (non-hydrogen) atoms. The summed E-state index contributed by atoms with van der Waals surface area (Å²) in [6.07, 6.45) is 3.38. The second-order valence-corrected chi connectivity index (χ2v) is 3.56. The van der Waals surface area contributed by atoms with Crippen LogP contribution in [-0.4, -0.2) is 18.4 Å². The number of rotatable bonds is 5. The summed E-state index contributed by atoms with van der Waals surface area (Å²) in [5.41, 5.74) is -0.125. The first-order valence-corrected chi connectivity index (χ1v) is 4.26. The van der Waals surface area contributed by atoms with Gasteiger partial charge in [-0.05, 0) is 0 Å². The Hall–Kier alpha value is -1.09. The summed E-state index contributed by atoms with van der Waals surface area (Å²) < 4.78 is 10.4. The fourth-order valence-electron chi connectivity index (χ4n) is 1.03. The van der Waals surface area contributed by atoms with Crippen molar-refractivity contribution in [2.24, 2.45) is 0 Å². The van der Waals surface area contributed by atoms with Gasteiger partial charge in [-0.3, -0.25) is 0 Å². The van der Waals surface area contributed by atoms with Gasteiger partial charge < -0.3 is 9.26 Å². The van der Waals surface area contributed by atoms with Gasteiger partial charge in [0.15, 0.2) is 0 Å². The molecule has 0 bridgehead atoms. The lowest BCUT2D eigenvalue weighted by Crippen LogP contribution is -2.23. The van der Waals surface area contributed by atoms with E-state index in [1.807, 2.05) is 6.07 Å². The Balaban J connectivity index is 2.51. The highest BCUT2D eigenvalue weighted by Crippen LogP contribution is 2.22. The fraction of sp³-hybridized carbons (Fsp3) is 0.500. The quantitative estimate of drug-likeness (QED) is 0.515. The topological polar surface area (TPSA) is 35.3 Å². The molecule has 0 saturated carbocycles.